The molecule has 2 saturated heterocycles. The predicted molar refractivity (Wildman–Crippen MR) is 171 cm³/mol. The van der Waals surface area contributed by atoms with Crippen LogP contribution in [-0.4, -0.2) is 53.4 Å². The van der Waals surface area contributed by atoms with Gasteiger partial charge in [0, 0.05) is 10.6 Å². The van der Waals surface area contributed by atoms with Crippen molar-refractivity contribution in [3.63, 3.8) is 0 Å². The van der Waals surface area contributed by atoms with Gasteiger partial charge in [0.1, 0.15) is 29.7 Å². The fraction of sp³-hybridized carbons (Fsp3) is 0.351. The van der Waals surface area contributed by atoms with Crippen molar-refractivity contribution in [3.8, 4) is 5.75 Å². The summed E-state index contributed by atoms with van der Waals surface area (Å²) >= 11 is 6.75. The highest BCUT2D eigenvalue weighted by atomic mass is 35.5. The fourth-order valence-corrected chi connectivity index (χ4v) is 6.38. The molecule has 236 valence electrons. The number of ether oxygens (including phenoxy) is 5. The molecule has 0 saturated carbocycles. The number of aliphatic hydroxyl groups is 2. The average Bonchev–Trinajstić information content (AvgIpc) is 3.44. The monoisotopic (exact) mass is 630 g/mol. The summed E-state index contributed by atoms with van der Waals surface area (Å²) in [5, 5.41) is 23.5. The van der Waals surface area contributed by atoms with E-state index in [0.717, 1.165) is 28.0 Å². The molecule has 0 spiro atoms. The first-order valence-electron chi connectivity index (χ1n) is 15.4. The molecule has 2 aliphatic heterocycles. The van der Waals surface area contributed by atoms with Crippen molar-refractivity contribution >= 4 is 11.6 Å². The summed E-state index contributed by atoms with van der Waals surface area (Å²) in [4.78, 5) is 0. The number of rotatable bonds is 12. The largest absolute Gasteiger partial charge is 0.494 e. The third-order valence-electron chi connectivity index (χ3n) is 8.68. The molecule has 2 aliphatic rings. The summed E-state index contributed by atoms with van der Waals surface area (Å²) in [7, 11) is 0. The zero-order valence-electron chi connectivity index (χ0n) is 25.5. The van der Waals surface area contributed by atoms with Gasteiger partial charge in [0.15, 0.2) is 0 Å². The van der Waals surface area contributed by atoms with E-state index in [1.165, 1.54) is 0 Å². The predicted octanol–water partition coefficient (Wildman–Crippen LogP) is 6.19. The van der Waals surface area contributed by atoms with E-state index in [9.17, 15) is 10.2 Å². The highest BCUT2D eigenvalue weighted by molar-refractivity contribution is 6.31. The van der Waals surface area contributed by atoms with E-state index >= 15 is 0 Å². The molecule has 6 rings (SSSR count). The zero-order chi connectivity index (χ0) is 31.4. The second-order valence-electron chi connectivity index (χ2n) is 11.7. The van der Waals surface area contributed by atoms with Gasteiger partial charge in [-0.2, -0.15) is 0 Å². The van der Waals surface area contributed by atoms with E-state index in [-0.39, 0.29) is 19.8 Å². The van der Waals surface area contributed by atoms with Gasteiger partial charge in [0.25, 0.3) is 0 Å². The van der Waals surface area contributed by atoms with Gasteiger partial charge in [-0.25, -0.2) is 0 Å². The molecular weight excluding hydrogens is 592 g/mol. The first-order chi connectivity index (χ1) is 21.8. The average molecular weight is 631 g/mol. The zero-order valence-corrected chi connectivity index (χ0v) is 26.2. The van der Waals surface area contributed by atoms with Crippen LogP contribution in [0.2, 0.25) is 5.02 Å². The van der Waals surface area contributed by atoms with Gasteiger partial charge in [-0.3, -0.25) is 0 Å². The smallest absolute Gasteiger partial charge is 0.225 e. The van der Waals surface area contributed by atoms with Gasteiger partial charge in [-0.05, 0) is 66.8 Å². The Morgan fingerprint density at radius 3 is 2.13 bits per heavy atom. The van der Waals surface area contributed by atoms with Crippen molar-refractivity contribution in [2.45, 2.75) is 69.3 Å². The van der Waals surface area contributed by atoms with Crippen molar-refractivity contribution in [1.29, 1.82) is 0 Å². The molecule has 2 heterocycles. The van der Waals surface area contributed by atoms with Crippen molar-refractivity contribution < 1.29 is 33.9 Å². The van der Waals surface area contributed by atoms with Crippen LogP contribution in [0.25, 0.3) is 0 Å². The topological polar surface area (TPSA) is 86.6 Å². The Kier molecular flexibility index (Phi) is 9.59. The van der Waals surface area contributed by atoms with Gasteiger partial charge < -0.3 is 33.9 Å². The van der Waals surface area contributed by atoms with E-state index in [1.54, 1.807) is 6.92 Å². The summed E-state index contributed by atoms with van der Waals surface area (Å²) in [5.74, 6) is -0.687. The number of aliphatic hydroxyl groups excluding tert-OH is 2. The molecule has 1 unspecified atom stereocenters. The fourth-order valence-electron chi connectivity index (χ4n) is 6.19. The molecule has 0 amide bonds. The summed E-state index contributed by atoms with van der Waals surface area (Å²) in [6, 6.07) is 33.1. The van der Waals surface area contributed by atoms with Crippen LogP contribution in [0.4, 0.5) is 0 Å². The minimum Gasteiger partial charge on any atom is -0.494 e. The van der Waals surface area contributed by atoms with Gasteiger partial charge in [0.05, 0.1) is 32.5 Å². The third kappa shape index (κ3) is 6.40. The molecular formula is C37H39ClO7. The lowest BCUT2D eigenvalue weighted by molar-refractivity contribution is -0.353. The Morgan fingerprint density at radius 2 is 1.51 bits per heavy atom. The van der Waals surface area contributed by atoms with Crippen molar-refractivity contribution in [2.24, 2.45) is 0 Å². The van der Waals surface area contributed by atoms with Crippen LogP contribution in [0.5, 0.6) is 5.75 Å². The lowest BCUT2D eigenvalue weighted by Crippen LogP contribution is -2.68. The highest BCUT2D eigenvalue weighted by Crippen LogP contribution is 2.53. The van der Waals surface area contributed by atoms with E-state index in [1.807, 2.05) is 110 Å². The molecule has 6 atom stereocenters. The van der Waals surface area contributed by atoms with Crippen LogP contribution in [0.15, 0.2) is 103 Å². The molecule has 2 fully saturated rings. The van der Waals surface area contributed by atoms with Crippen LogP contribution in [0.1, 0.15) is 41.7 Å². The number of hydrogen-bond donors (Lipinski definition) is 2. The van der Waals surface area contributed by atoms with Gasteiger partial charge in [-0.15, -0.1) is 0 Å². The van der Waals surface area contributed by atoms with E-state index in [4.69, 9.17) is 35.3 Å². The summed E-state index contributed by atoms with van der Waals surface area (Å²) in [5.41, 5.74) is 3.03. The van der Waals surface area contributed by atoms with Crippen LogP contribution < -0.4 is 4.74 Å². The highest BCUT2D eigenvalue weighted by Gasteiger charge is 2.70. The Bertz CT molecular complexity index is 1550. The first-order valence-corrected chi connectivity index (χ1v) is 15.7. The maximum Gasteiger partial charge on any atom is 0.225 e. The Balaban J connectivity index is 1.39. The molecule has 2 N–H and O–H groups in total. The van der Waals surface area contributed by atoms with Crippen LogP contribution in [-0.2, 0) is 44.4 Å². The van der Waals surface area contributed by atoms with Crippen LogP contribution in [0.3, 0.4) is 0 Å². The molecule has 45 heavy (non-hydrogen) atoms. The second kappa shape index (κ2) is 13.6. The standard InChI is InChI=1S/C37H39ClO7/c1-3-41-31-17-14-26(15-18-31)20-29-21-30(16-19-32(29)38)37-35(43-23-28-12-8-5-9-13-28)33(42-22-27-10-6-4-7-11-27)34(40)36(45-37,24-44-37)25(2)39/h4-19,21,25,33-35,39-40H,3,20,22-24H2,1-2H3/t25?,33-,34+,35+,36+,37-/m0/s1. The van der Waals surface area contributed by atoms with Crippen molar-refractivity contribution in [1.82, 2.24) is 0 Å². The van der Waals surface area contributed by atoms with E-state index < -0.39 is 35.8 Å². The molecule has 2 bridgehead atoms. The third-order valence-corrected chi connectivity index (χ3v) is 9.05. The van der Waals surface area contributed by atoms with Crippen molar-refractivity contribution in [2.75, 3.05) is 13.2 Å². The molecule has 0 aliphatic carbocycles. The first kappa shape index (κ1) is 31.7. The number of fused-ring (bicyclic) bond motifs is 2. The normalized spacial score (nSPS) is 26.5. The van der Waals surface area contributed by atoms with E-state index in [0.29, 0.717) is 23.6 Å². The molecule has 7 nitrogen and oxygen atoms in total. The Labute approximate surface area is 269 Å². The molecule has 4 aromatic rings. The second-order valence-corrected chi connectivity index (χ2v) is 12.1. The van der Waals surface area contributed by atoms with E-state index in [2.05, 4.69) is 0 Å². The van der Waals surface area contributed by atoms with Gasteiger partial charge in [0.2, 0.25) is 5.79 Å². The maximum atomic E-state index is 11.8. The molecule has 4 aromatic carbocycles. The lowest BCUT2D eigenvalue weighted by atomic mass is 9.80. The minimum atomic E-state index is -1.50. The summed E-state index contributed by atoms with van der Waals surface area (Å²) < 4.78 is 32.0. The maximum absolute atomic E-state index is 11.8. The number of benzene rings is 4. The quantitative estimate of drug-likeness (QED) is 0.193. The van der Waals surface area contributed by atoms with Crippen LogP contribution in [0, 0.1) is 0 Å². The SMILES string of the molecule is CCOc1ccc(Cc2cc([C@]34OC[C@](C(C)O)(O3)[C@H](O)[C@H](OCc3ccccc3)[C@H]4OCc3ccccc3)ccc2Cl)cc1. The number of hydrogen-bond acceptors (Lipinski definition) is 7. The van der Waals surface area contributed by atoms with Gasteiger partial charge >= 0.3 is 0 Å². The molecule has 0 radical (unpaired) electrons. The summed E-state index contributed by atoms with van der Waals surface area (Å²) in [6.45, 7) is 4.55. The Morgan fingerprint density at radius 1 is 0.867 bits per heavy atom. The number of halogens is 1. The van der Waals surface area contributed by atoms with Gasteiger partial charge in [-0.1, -0.05) is 90.5 Å². The minimum absolute atomic E-state index is 0.0565. The van der Waals surface area contributed by atoms with Crippen molar-refractivity contribution in [3.05, 3.63) is 136 Å². The summed E-state index contributed by atoms with van der Waals surface area (Å²) in [6.07, 6.45) is -3.55. The Hall–Kier alpha value is -3.27. The molecule has 8 heteroatoms. The lowest BCUT2D eigenvalue weighted by Gasteiger charge is -2.50. The van der Waals surface area contributed by atoms with Crippen LogP contribution >= 0.6 is 11.6 Å². The molecule has 0 aromatic heterocycles.